The van der Waals surface area contributed by atoms with Crippen LogP contribution in [0.3, 0.4) is 0 Å². The fourth-order valence-electron chi connectivity index (χ4n) is 2.27. The smallest absolute Gasteiger partial charge is 0.195 e. The van der Waals surface area contributed by atoms with Crippen molar-refractivity contribution in [1.82, 2.24) is 4.98 Å². The van der Waals surface area contributed by atoms with Gasteiger partial charge in [0, 0.05) is 27.2 Å². The van der Waals surface area contributed by atoms with E-state index < -0.39 is 0 Å². The topological polar surface area (TPSA) is 30.0 Å². The van der Waals surface area contributed by atoms with E-state index in [2.05, 4.69) is 20.9 Å². The van der Waals surface area contributed by atoms with Crippen molar-refractivity contribution in [3.8, 4) is 0 Å². The van der Waals surface area contributed by atoms with E-state index in [1.54, 1.807) is 6.20 Å². The van der Waals surface area contributed by atoms with E-state index in [0.29, 0.717) is 11.1 Å². The number of carbonyl (C=O) groups excluding carboxylic acids is 1. The molecule has 0 unspecified atom stereocenters. The summed E-state index contributed by atoms with van der Waals surface area (Å²) in [5, 5.41) is 0.978. The molecule has 98 valence electrons. The lowest BCUT2D eigenvalue weighted by Gasteiger charge is -2.08. The third-order valence-electron chi connectivity index (χ3n) is 3.32. The molecule has 1 aromatic heterocycles. The molecule has 0 saturated carbocycles. The Morgan fingerprint density at radius 1 is 1.05 bits per heavy atom. The third kappa shape index (κ3) is 2.25. The average Bonchev–Trinajstić information content (AvgIpc) is 2.48. The maximum absolute atomic E-state index is 12.8. The van der Waals surface area contributed by atoms with Crippen molar-refractivity contribution >= 4 is 32.6 Å². The molecule has 3 rings (SSSR count). The molecule has 0 atom stereocenters. The Labute approximate surface area is 125 Å². The molecule has 2 aromatic carbocycles. The largest absolute Gasteiger partial charge is 0.289 e. The highest BCUT2D eigenvalue weighted by atomic mass is 79.9. The SMILES string of the molecule is Cc1ccc(Br)cc1C(=O)c1cccc2cccnc12. The first-order valence-electron chi connectivity index (χ1n) is 6.31. The van der Waals surface area contributed by atoms with Crippen LogP contribution in [0.15, 0.2) is 59.2 Å². The van der Waals surface area contributed by atoms with Gasteiger partial charge in [-0.1, -0.05) is 40.2 Å². The lowest BCUT2D eigenvalue weighted by molar-refractivity contribution is 0.103. The highest BCUT2D eigenvalue weighted by molar-refractivity contribution is 9.10. The zero-order valence-electron chi connectivity index (χ0n) is 10.9. The van der Waals surface area contributed by atoms with Crippen LogP contribution in [0.2, 0.25) is 0 Å². The fourth-order valence-corrected chi connectivity index (χ4v) is 2.63. The van der Waals surface area contributed by atoms with Crippen LogP contribution in [0.5, 0.6) is 0 Å². The minimum absolute atomic E-state index is 0.00750. The van der Waals surface area contributed by atoms with Gasteiger partial charge in [0.25, 0.3) is 0 Å². The molecule has 0 aliphatic rings. The molecule has 0 spiro atoms. The van der Waals surface area contributed by atoms with Gasteiger partial charge in [-0.2, -0.15) is 0 Å². The second-order valence-electron chi connectivity index (χ2n) is 4.67. The van der Waals surface area contributed by atoms with E-state index >= 15 is 0 Å². The number of hydrogen-bond acceptors (Lipinski definition) is 2. The summed E-state index contributed by atoms with van der Waals surface area (Å²) in [6.07, 6.45) is 1.72. The number of rotatable bonds is 2. The summed E-state index contributed by atoms with van der Waals surface area (Å²) in [5.74, 6) is 0.00750. The number of aromatic nitrogens is 1. The van der Waals surface area contributed by atoms with Crippen LogP contribution in [-0.4, -0.2) is 10.8 Å². The van der Waals surface area contributed by atoms with E-state index in [0.717, 1.165) is 20.9 Å². The number of nitrogens with zero attached hydrogens (tertiary/aromatic N) is 1. The van der Waals surface area contributed by atoms with Crippen LogP contribution < -0.4 is 0 Å². The summed E-state index contributed by atoms with van der Waals surface area (Å²) in [6, 6.07) is 15.3. The molecule has 0 saturated heterocycles. The summed E-state index contributed by atoms with van der Waals surface area (Å²) >= 11 is 3.42. The minimum atomic E-state index is 0.00750. The molecule has 0 aliphatic heterocycles. The Morgan fingerprint density at radius 2 is 1.85 bits per heavy atom. The van der Waals surface area contributed by atoms with Gasteiger partial charge in [0.15, 0.2) is 5.78 Å². The zero-order chi connectivity index (χ0) is 14.1. The highest BCUT2D eigenvalue weighted by Crippen LogP contribution is 2.23. The standard InChI is InChI=1S/C17H12BrNO/c1-11-7-8-13(18)10-15(11)17(20)14-6-2-4-12-5-3-9-19-16(12)14/h2-10H,1H3. The van der Waals surface area contributed by atoms with Crippen LogP contribution >= 0.6 is 15.9 Å². The lowest BCUT2D eigenvalue weighted by Crippen LogP contribution is -2.05. The van der Waals surface area contributed by atoms with Gasteiger partial charge in [0.1, 0.15) is 0 Å². The third-order valence-corrected chi connectivity index (χ3v) is 3.81. The number of pyridine rings is 1. The number of fused-ring (bicyclic) bond motifs is 1. The van der Waals surface area contributed by atoms with Gasteiger partial charge in [-0.3, -0.25) is 9.78 Å². The molecular weight excluding hydrogens is 314 g/mol. The number of halogens is 1. The first-order chi connectivity index (χ1) is 9.66. The number of para-hydroxylation sites is 1. The van der Waals surface area contributed by atoms with Crippen LogP contribution in [0.1, 0.15) is 21.5 Å². The molecule has 0 radical (unpaired) electrons. The van der Waals surface area contributed by atoms with Crippen LogP contribution in [0, 0.1) is 6.92 Å². The molecule has 2 nitrogen and oxygen atoms in total. The fraction of sp³-hybridized carbons (Fsp3) is 0.0588. The van der Waals surface area contributed by atoms with Crippen molar-refractivity contribution < 1.29 is 4.79 Å². The molecule has 0 bridgehead atoms. The monoisotopic (exact) mass is 325 g/mol. The minimum Gasteiger partial charge on any atom is -0.289 e. The lowest BCUT2D eigenvalue weighted by atomic mass is 9.97. The number of benzene rings is 2. The van der Waals surface area contributed by atoms with Crippen LogP contribution in [0.4, 0.5) is 0 Å². The van der Waals surface area contributed by atoms with Gasteiger partial charge in [0.05, 0.1) is 5.52 Å². The summed E-state index contributed by atoms with van der Waals surface area (Å²) in [5.41, 5.74) is 3.06. The van der Waals surface area contributed by atoms with Crippen molar-refractivity contribution in [2.75, 3.05) is 0 Å². The number of carbonyl (C=O) groups is 1. The van der Waals surface area contributed by atoms with Crippen LogP contribution in [0.25, 0.3) is 10.9 Å². The predicted octanol–water partition coefficient (Wildman–Crippen LogP) is 4.54. The molecule has 0 N–H and O–H groups in total. The van der Waals surface area contributed by atoms with E-state index in [9.17, 15) is 4.79 Å². The molecule has 3 heteroatoms. The maximum atomic E-state index is 12.8. The van der Waals surface area contributed by atoms with E-state index in [-0.39, 0.29) is 5.78 Å². The van der Waals surface area contributed by atoms with Gasteiger partial charge < -0.3 is 0 Å². The molecule has 0 amide bonds. The van der Waals surface area contributed by atoms with Crippen molar-refractivity contribution in [1.29, 1.82) is 0 Å². The molecule has 3 aromatic rings. The van der Waals surface area contributed by atoms with E-state index in [1.807, 2.05) is 55.5 Å². The summed E-state index contributed by atoms with van der Waals surface area (Å²) in [4.78, 5) is 17.1. The Bertz CT molecular complexity index is 806. The number of ketones is 1. The second kappa shape index (κ2) is 5.17. The van der Waals surface area contributed by atoms with Crippen LogP contribution in [-0.2, 0) is 0 Å². The zero-order valence-corrected chi connectivity index (χ0v) is 12.5. The quantitative estimate of drug-likeness (QED) is 0.647. The Morgan fingerprint density at radius 3 is 2.70 bits per heavy atom. The number of hydrogen-bond donors (Lipinski definition) is 0. The van der Waals surface area contributed by atoms with Crippen molar-refractivity contribution in [2.24, 2.45) is 0 Å². The highest BCUT2D eigenvalue weighted by Gasteiger charge is 2.15. The van der Waals surface area contributed by atoms with E-state index in [1.165, 1.54) is 0 Å². The second-order valence-corrected chi connectivity index (χ2v) is 5.58. The van der Waals surface area contributed by atoms with E-state index in [4.69, 9.17) is 0 Å². The predicted molar refractivity (Wildman–Crippen MR) is 84.1 cm³/mol. The average molecular weight is 326 g/mol. The van der Waals surface area contributed by atoms with Crippen molar-refractivity contribution in [3.63, 3.8) is 0 Å². The Hall–Kier alpha value is -2.00. The van der Waals surface area contributed by atoms with Crippen molar-refractivity contribution in [3.05, 3.63) is 75.9 Å². The Balaban J connectivity index is 2.20. The van der Waals surface area contributed by atoms with Gasteiger partial charge >= 0.3 is 0 Å². The Kier molecular flexibility index (Phi) is 3.36. The van der Waals surface area contributed by atoms with Gasteiger partial charge in [0.2, 0.25) is 0 Å². The van der Waals surface area contributed by atoms with Gasteiger partial charge in [-0.05, 0) is 36.8 Å². The summed E-state index contributed by atoms with van der Waals surface area (Å²) in [7, 11) is 0. The molecule has 1 heterocycles. The van der Waals surface area contributed by atoms with Gasteiger partial charge in [-0.15, -0.1) is 0 Å². The summed E-state index contributed by atoms with van der Waals surface area (Å²) in [6.45, 7) is 1.94. The first-order valence-corrected chi connectivity index (χ1v) is 7.11. The molecule has 20 heavy (non-hydrogen) atoms. The van der Waals surface area contributed by atoms with Crippen molar-refractivity contribution in [2.45, 2.75) is 6.92 Å². The molecule has 0 aliphatic carbocycles. The first kappa shape index (κ1) is 13.0. The van der Waals surface area contributed by atoms with Gasteiger partial charge in [-0.25, -0.2) is 0 Å². The summed E-state index contributed by atoms with van der Waals surface area (Å²) < 4.78 is 0.902. The maximum Gasteiger partial charge on any atom is 0.195 e. The number of aryl methyl sites for hydroxylation is 1. The normalized spacial score (nSPS) is 10.7. The molecule has 0 fully saturated rings. The molecular formula is C17H12BrNO.